The molecule has 12 nitrogen and oxygen atoms in total. The maximum absolute atomic E-state index is 11.5. The van der Waals surface area contributed by atoms with Gasteiger partial charge in [0.15, 0.2) is 11.1 Å². The van der Waals surface area contributed by atoms with E-state index in [4.69, 9.17) is 14.7 Å². The largest absolute Gasteiger partial charge is 0.494 e. The third-order valence-corrected chi connectivity index (χ3v) is 5.63. The number of aromatic hydroxyl groups is 1. The molecule has 0 amide bonds. The van der Waals surface area contributed by atoms with Gasteiger partial charge in [-0.25, -0.2) is 14.8 Å². The van der Waals surface area contributed by atoms with Gasteiger partial charge in [-0.2, -0.15) is 9.61 Å². The second-order valence-corrected chi connectivity index (χ2v) is 8.16. The van der Waals surface area contributed by atoms with Gasteiger partial charge in [0.2, 0.25) is 5.88 Å². The molecule has 12 heteroatoms. The molecule has 0 aliphatic heterocycles. The van der Waals surface area contributed by atoms with Crippen LogP contribution in [0, 0.1) is 0 Å². The van der Waals surface area contributed by atoms with Gasteiger partial charge in [0.25, 0.3) is 0 Å². The fraction of sp³-hybridized carbons (Fsp3) is 0.174. The van der Waals surface area contributed by atoms with Gasteiger partial charge in [-0.15, -0.1) is 0 Å². The highest BCUT2D eigenvalue weighted by molar-refractivity contribution is 5.68. The first-order valence-corrected chi connectivity index (χ1v) is 11.0. The molecule has 1 aromatic carbocycles. The summed E-state index contributed by atoms with van der Waals surface area (Å²) in [6, 6.07) is 7.86. The van der Waals surface area contributed by atoms with Gasteiger partial charge >= 0.3 is 5.69 Å². The molecule has 0 radical (unpaired) electrons. The van der Waals surface area contributed by atoms with Crippen molar-refractivity contribution >= 4 is 23.2 Å². The van der Waals surface area contributed by atoms with Crippen LogP contribution in [0.25, 0.3) is 17.4 Å². The molecule has 1 saturated carbocycles. The molecular weight excluding hydrogens is 450 g/mol. The average molecular weight is 471 g/mol. The number of nitrogens with one attached hydrogen (secondary N) is 3. The van der Waals surface area contributed by atoms with Crippen molar-refractivity contribution in [3.63, 3.8) is 0 Å². The fourth-order valence-electron chi connectivity index (χ4n) is 3.75. The van der Waals surface area contributed by atoms with Gasteiger partial charge in [-0.3, -0.25) is 9.98 Å². The van der Waals surface area contributed by atoms with Crippen LogP contribution in [-0.4, -0.2) is 52.4 Å². The van der Waals surface area contributed by atoms with Crippen LogP contribution in [0.1, 0.15) is 18.5 Å². The summed E-state index contributed by atoms with van der Waals surface area (Å²) in [7, 11) is 1.61. The van der Waals surface area contributed by atoms with Crippen molar-refractivity contribution in [3.05, 3.63) is 76.1 Å². The molecule has 1 fully saturated rings. The summed E-state index contributed by atoms with van der Waals surface area (Å²) in [6.07, 6.45) is 10.6. The first kappa shape index (κ1) is 20.7. The Kier molecular flexibility index (Phi) is 4.83. The van der Waals surface area contributed by atoms with Gasteiger partial charge in [-0.05, 0) is 31.1 Å². The standard InChI is InChI=1S/C23H21N9O3/c1-35-18-9-15(31-7-6-24-12-31)4-5-16(18)27-19-10-20(26-14-2-3-14)32-21(29-19)13(11-25-32)8-17-22(33)30-23(34)28-17/h4-12,14,27,33H,2-3H2,1H3,(H2,28,30,34)/b13-8+,26-20?. The quantitative estimate of drug-likeness (QED) is 0.288. The number of aromatic amines is 2. The third kappa shape index (κ3) is 4.01. The van der Waals surface area contributed by atoms with E-state index in [9.17, 15) is 9.90 Å². The predicted molar refractivity (Wildman–Crippen MR) is 127 cm³/mol. The van der Waals surface area contributed by atoms with Crippen molar-refractivity contribution in [2.75, 3.05) is 12.4 Å². The molecular formula is C23H21N9O3. The highest BCUT2D eigenvalue weighted by Gasteiger charge is 2.20. The summed E-state index contributed by atoms with van der Waals surface area (Å²) in [5.74, 6) is 0.926. The normalized spacial score (nSPS) is 14.7. The molecule has 0 atom stereocenters. The molecule has 4 heterocycles. The van der Waals surface area contributed by atoms with Gasteiger partial charge < -0.3 is 24.7 Å². The number of H-pyrrole nitrogens is 2. The SMILES string of the molecule is COc1cc(-n2ccnc2)ccc1Nc1cc(=NC2CC2)n2nc/c(=C\c3[nH]c(=O)[nH]c3O)c2n1. The third-order valence-electron chi connectivity index (χ3n) is 5.63. The number of hydrogen-bond acceptors (Lipinski definition) is 8. The molecule has 0 spiro atoms. The van der Waals surface area contributed by atoms with Gasteiger partial charge in [0, 0.05) is 29.7 Å². The van der Waals surface area contributed by atoms with E-state index in [-0.39, 0.29) is 17.6 Å². The van der Waals surface area contributed by atoms with Crippen LogP contribution in [0.15, 0.2) is 59.0 Å². The average Bonchev–Trinajstić information content (AvgIpc) is 3.20. The van der Waals surface area contributed by atoms with Crippen molar-refractivity contribution < 1.29 is 9.84 Å². The lowest BCUT2D eigenvalue weighted by Gasteiger charge is -2.13. The monoisotopic (exact) mass is 471 g/mol. The number of nitrogens with zero attached hydrogens (tertiary/aromatic N) is 6. The van der Waals surface area contributed by atoms with Gasteiger partial charge in [0.05, 0.1) is 37.1 Å². The number of fused-ring (bicyclic) bond motifs is 1. The first-order valence-electron chi connectivity index (χ1n) is 11.0. The molecule has 0 saturated heterocycles. The minimum Gasteiger partial charge on any atom is -0.494 e. The predicted octanol–water partition coefficient (Wildman–Crippen LogP) is 1.000. The van der Waals surface area contributed by atoms with Crippen LogP contribution in [-0.2, 0) is 0 Å². The number of anilines is 2. The van der Waals surface area contributed by atoms with Crippen LogP contribution in [0.4, 0.5) is 11.5 Å². The molecule has 6 rings (SSSR count). The second kappa shape index (κ2) is 8.17. The van der Waals surface area contributed by atoms with Crippen LogP contribution < -0.4 is 26.4 Å². The summed E-state index contributed by atoms with van der Waals surface area (Å²) in [5, 5.41) is 18.3. The Morgan fingerprint density at radius 1 is 1.29 bits per heavy atom. The van der Waals surface area contributed by atoms with Crippen molar-refractivity contribution in [2.24, 2.45) is 4.99 Å². The molecule has 1 aliphatic carbocycles. The zero-order valence-electron chi connectivity index (χ0n) is 18.6. The maximum atomic E-state index is 11.5. The number of methoxy groups -OCH3 is 1. The fourth-order valence-corrected chi connectivity index (χ4v) is 3.75. The Labute approximate surface area is 197 Å². The molecule has 4 aromatic heterocycles. The van der Waals surface area contributed by atoms with E-state index < -0.39 is 5.69 Å². The number of hydrogen-bond donors (Lipinski definition) is 4. The lowest BCUT2D eigenvalue weighted by Crippen LogP contribution is -2.20. The lowest BCUT2D eigenvalue weighted by molar-refractivity contribution is 0.416. The number of imidazole rings is 2. The molecule has 0 unspecified atom stereocenters. The minimum atomic E-state index is -0.504. The van der Waals surface area contributed by atoms with Crippen LogP contribution in [0.5, 0.6) is 11.6 Å². The van der Waals surface area contributed by atoms with Crippen LogP contribution in [0.2, 0.25) is 0 Å². The van der Waals surface area contributed by atoms with Crippen molar-refractivity contribution in [1.29, 1.82) is 0 Å². The number of benzene rings is 1. The van der Waals surface area contributed by atoms with Gasteiger partial charge in [-0.1, -0.05) is 0 Å². The van der Waals surface area contributed by atoms with Crippen molar-refractivity contribution in [1.82, 2.24) is 34.1 Å². The van der Waals surface area contributed by atoms with Crippen molar-refractivity contribution in [2.45, 2.75) is 18.9 Å². The van der Waals surface area contributed by atoms with E-state index in [1.807, 2.05) is 35.0 Å². The molecule has 0 bridgehead atoms. The summed E-state index contributed by atoms with van der Waals surface area (Å²) < 4.78 is 9.15. The molecule has 35 heavy (non-hydrogen) atoms. The van der Waals surface area contributed by atoms with E-state index in [0.717, 1.165) is 24.2 Å². The minimum absolute atomic E-state index is 0.238. The Balaban J connectivity index is 1.46. The Hall–Kier alpha value is -4.87. The number of rotatable bonds is 6. The highest BCUT2D eigenvalue weighted by Crippen LogP contribution is 2.29. The van der Waals surface area contributed by atoms with E-state index >= 15 is 0 Å². The maximum Gasteiger partial charge on any atom is 0.326 e. The van der Waals surface area contributed by atoms with E-state index in [2.05, 4.69) is 25.4 Å². The number of aromatic nitrogens is 7. The van der Waals surface area contributed by atoms with E-state index in [0.29, 0.717) is 27.9 Å². The summed E-state index contributed by atoms with van der Waals surface area (Å²) in [5.41, 5.74) is 2.54. The highest BCUT2D eigenvalue weighted by atomic mass is 16.5. The Morgan fingerprint density at radius 2 is 2.17 bits per heavy atom. The molecule has 1 aliphatic rings. The lowest BCUT2D eigenvalue weighted by atomic mass is 10.2. The smallest absolute Gasteiger partial charge is 0.326 e. The molecule has 176 valence electrons. The summed E-state index contributed by atoms with van der Waals surface area (Å²) >= 11 is 0. The molecule has 5 aromatic rings. The zero-order chi connectivity index (χ0) is 23.9. The first-order chi connectivity index (χ1) is 17.1. The Bertz CT molecular complexity index is 1710. The number of ether oxygens (including phenoxy) is 1. The Morgan fingerprint density at radius 3 is 2.89 bits per heavy atom. The summed E-state index contributed by atoms with van der Waals surface area (Å²) in [4.78, 5) is 30.0. The van der Waals surface area contributed by atoms with Crippen molar-refractivity contribution in [3.8, 4) is 17.3 Å². The zero-order valence-corrected chi connectivity index (χ0v) is 18.6. The van der Waals surface area contributed by atoms with Gasteiger partial charge in [0.1, 0.15) is 17.3 Å². The second-order valence-electron chi connectivity index (χ2n) is 8.16. The van der Waals surface area contributed by atoms with Crippen LogP contribution in [0.3, 0.4) is 0 Å². The molecule has 4 N–H and O–H groups in total. The summed E-state index contributed by atoms with van der Waals surface area (Å²) in [6.45, 7) is 0. The van der Waals surface area contributed by atoms with E-state index in [1.165, 1.54) is 0 Å². The van der Waals surface area contributed by atoms with E-state index in [1.54, 1.807) is 36.4 Å². The topological polar surface area (TPSA) is 151 Å². The van der Waals surface area contributed by atoms with Crippen LogP contribution >= 0.6 is 0 Å².